The number of nitrogens with one attached hydrogen (secondary N) is 1. The number of benzene rings is 2. The topological polar surface area (TPSA) is 69.0 Å². The van der Waals surface area contributed by atoms with Crippen LogP contribution < -0.4 is 10.9 Å². The highest BCUT2D eigenvalue weighted by Crippen LogP contribution is 2.31. The molecule has 0 saturated carbocycles. The first kappa shape index (κ1) is 21.3. The smallest absolute Gasteiger partial charge is 0.256 e. The third-order valence-electron chi connectivity index (χ3n) is 6.10. The number of anilines is 1. The summed E-state index contributed by atoms with van der Waals surface area (Å²) in [6.45, 7) is 5.19. The average Bonchev–Trinajstić information content (AvgIpc) is 2.80. The molecule has 1 saturated heterocycles. The molecule has 168 valence electrons. The maximum absolute atomic E-state index is 13.8. The summed E-state index contributed by atoms with van der Waals surface area (Å²) < 4.78 is 20.9. The fourth-order valence-corrected chi connectivity index (χ4v) is 4.35. The predicted molar refractivity (Wildman–Crippen MR) is 127 cm³/mol. The molecule has 0 spiro atoms. The number of rotatable bonds is 4. The van der Waals surface area contributed by atoms with Crippen molar-refractivity contribution in [1.29, 1.82) is 0 Å². The fraction of sp³-hybridized carbons (Fsp3) is 0.269. The van der Waals surface area contributed by atoms with Crippen molar-refractivity contribution < 1.29 is 9.13 Å². The van der Waals surface area contributed by atoms with Crippen molar-refractivity contribution in [1.82, 2.24) is 14.5 Å². The zero-order valence-electron chi connectivity index (χ0n) is 18.6. The lowest BCUT2D eigenvalue weighted by Crippen LogP contribution is -2.29. The van der Waals surface area contributed by atoms with Gasteiger partial charge in [-0.1, -0.05) is 18.2 Å². The number of para-hydroxylation sites is 1. The highest BCUT2D eigenvalue weighted by atomic mass is 19.1. The standard InChI is InChI=1S/C26H25FN4O2/c1-16-5-3-4-6-22(16)31-23(32)10-9-21-24(20-8-7-18(27)15-17(20)2)29-26(30-25(21)31)28-19-11-13-33-14-12-19/h3-10,15,19H,11-14H2,1-2H3,(H,28,29,30). The van der Waals surface area contributed by atoms with Crippen LogP contribution in [0.1, 0.15) is 24.0 Å². The molecule has 1 aliphatic heterocycles. The Morgan fingerprint density at radius 3 is 2.55 bits per heavy atom. The number of ether oxygens (including phenoxy) is 1. The molecule has 0 radical (unpaired) electrons. The van der Waals surface area contributed by atoms with Gasteiger partial charge >= 0.3 is 0 Å². The van der Waals surface area contributed by atoms with Crippen molar-refractivity contribution in [3.8, 4) is 16.9 Å². The molecule has 0 amide bonds. The Morgan fingerprint density at radius 2 is 1.79 bits per heavy atom. The number of pyridine rings is 1. The summed E-state index contributed by atoms with van der Waals surface area (Å²) in [5, 5.41) is 4.16. The van der Waals surface area contributed by atoms with E-state index in [2.05, 4.69) is 5.32 Å². The summed E-state index contributed by atoms with van der Waals surface area (Å²) in [6, 6.07) is 15.8. The van der Waals surface area contributed by atoms with E-state index >= 15 is 0 Å². The van der Waals surface area contributed by atoms with Gasteiger partial charge in [0.05, 0.1) is 11.4 Å². The minimum atomic E-state index is -0.299. The van der Waals surface area contributed by atoms with Crippen molar-refractivity contribution in [2.75, 3.05) is 18.5 Å². The van der Waals surface area contributed by atoms with Crippen molar-refractivity contribution in [3.05, 3.63) is 81.9 Å². The van der Waals surface area contributed by atoms with E-state index in [9.17, 15) is 9.18 Å². The Balaban J connectivity index is 1.78. The summed E-state index contributed by atoms with van der Waals surface area (Å²) in [5.74, 6) is 0.146. The fourth-order valence-electron chi connectivity index (χ4n) is 4.35. The van der Waals surface area contributed by atoms with E-state index in [0.29, 0.717) is 30.5 Å². The summed E-state index contributed by atoms with van der Waals surface area (Å²) >= 11 is 0. The highest BCUT2D eigenvalue weighted by molar-refractivity contribution is 5.93. The van der Waals surface area contributed by atoms with Crippen molar-refractivity contribution in [3.63, 3.8) is 0 Å². The van der Waals surface area contributed by atoms with Gasteiger partial charge in [0.2, 0.25) is 5.95 Å². The third kappa shape index (κ3) is 4.12. The van der Waals surface area contributed by atoms with Crippen LogP contribution in [0.2, 0.25) is 0 Å². The van der Waals surface area contributed by atoms with Gasteiger partial charge in [-0.05, 0) is 68.1 Å². The molecule has 0 atom stereocenters. The lowest BCUT2D eigenvalue weighted by molar-refractivity contribution is 0.0903. The van der Waals surface area contributed by atoms with Crippen molar-refractivity contribution in [2.45, 2.75) is 32.7 Å². The summed E-state index contributed by atoms with van der Waals surface area (Å²) in [7, 11) is 0. The van der Waals surface area contributed by atoms with Gasteiger partial charge < -0.3 is 10.1 Å². The number of hydrogen-bond donors (Lipinski definition) is 1. The second kappa shape index (κ2) is 8.75. The van der Waals surface area contributed by atoms with Crippen LogP contribution in [0.5, 0.6) is 0 Å². The highest BCUT2D eigenvalue weighted by Gasteiger charge is 2.20. The van der Waals surface area contributed by atoms with E-state index in [1.165, 1.54) is 18.2 Å². The molecule has 5 rings (SSSR count). The SMILES string of the molecule is Cc1cc(F)ccc1-c1nc(NC2CCOCC2)nc2c1ccc(=O)n2-c1ccccc1C. The first-order valence-corrected chi connectivity index (χ1v) is 11.1. The van der Waals surface area contributed by atoms with Crippen LogP contribution in [0.3, 0.4) is 0 Å². The number of halogens is 1. The largest absolute Gasteiger partial charge is 0.381 e. The number of fused-ring (bicyclic) bond motifs is 1. The van der Waals surface area contributed by atoms with E-state index in [1.54, 1.807) is 16.7 Å². The van der Waals surface area contributed by atoms with Crippen LogP contribution in [0, 0.1) is 19.7 Å². The van der Waals surface area contributed by atoms with Crippen molar-refractivity contribution >= 4 is 17.0 Å². The van der Waals surface area contributed by atoms with E-state index in [4.69, 9.17) is 14.7 Å². The second-order valence-corrected chi connectivity index (χ2v) is 8.42. The summed E-state index contributed by atoms with van der Waals surface area (Å²) in [5.41, 5.74) is 4.30. The molecule has 1 fully saturated rings. The predicted octanol–water partition coefficient (Wildman–Crippen LogP) is 4.79. The van der Waals surface area contributed by atoms with Gasteiger partial charge in [0.25, 0.3) is 5.56 Å². The molecule has 2 aromatic carbocycles. The molecule has 0 aliphatic carbocycles. The molecule has 33 heavy (non-hydrogen) atoms. The minimum absolute atomic E-state index is 0.172. The zero-order chi connectivity index (χ0) is 22.9. The zero-order valence-corrected chi connectivity index (χ0v) is 18.6. The lowest BCUT2D eigenvalue weighted by Gasteiger charge is -2.24. The molecule has 4 aromatic rings. The van der Waals surface area contributed by atoms with Gasteiger partial charge in [-0.15, -0.1) is 0 Å². The Labute approximate surface area is 191 Å². The first-order chi connectivity index (χ1) is 16.0. The third-order valence-corrected chi connectivity index (χ3v) is 6.10. The van der Waals surface area contributed by atoms with Crippen LogP contribution in [0.25, 0.3) is 28.0 Å². The van der Waals surface area contributed by atoms with Crippen LogP contribution in [0.4, 0.5) is 10.3 Å². The monoisotopic (exact) mass is 444 g/mol. The van der Waals surface area contributed by atoms with Crippen LogP contribution in [0.15, 0.2) is 59.4 Å². The normalized spacial score (nSPS) is 14.5. The lowest BCUT2D eigenvalue weighted by atomic mass is 10.0. The Hall–Kier alpha value is -3.58. The molecule has 2 aromatic heterocycles. The van der Waals surface area contributed by atoms with Gasteiger partial charge in [0.1, 0.15) is 5.82 Å². The molecule has 6 nitrogen and oxygen atoms in total. The maximum atomic E-state index is 13.8. The van der Waals surface area contributed by atoms with Gasteiger partial charge in [-0.25, -0.2) is 9.37 Å². The summed E-state index contributed by atoms with van der Waals surface area (Å²) in [4.78, 5) is 22.7. The molecular weight excluding hydrogens is 419 g/mol. The number of aryl methyl sites for hydroxylation is 2. The Morgan fingerprint density at radius 1 is 1.00 bits per heavy atom. The van der Waals surface area contributed by atoms with Crippen molar-refractivity contribution in [2.24, 2.45) is 0 Å². The number of aromatic nitrogens is 3. The maximum Gasteiger partial charge on any atom is 0.256 e. The molecule has 1 aliphatic rings. The van der Waals surface area contributed by atoms with Crippen LogP contribution in [-0.2, 0) is 4.74 Å². The van der Waals surface area contributed by atoms with Gasteiger partial charge in [-0.2, -0.15) is 4.98 Å². The summed E-state index contributed by atoms with van der Waals surface area (Å²) in [6.07, 6.45) is 1.71. The molecule has 0 unspecified atom stereocenters. The van der Waals surface area contributed by atoms with E-state index in [0.717, 1.165) is 40.6 Å². The second-order valence-electron chi connectivity index (χ2n) is 8.42. The van der Waals surface area contributed by atoms with Gasteiger partial charge in [0.15, 0.2) is 5.65 Å². The average molecular weight is 445 g/mol. The Kier molecular flexibility index (Phi) is 5.64. The number of hydrogen-bond acceptors (Lipinski definition) is 5. The van der Waals surface area contributed by atoms with E-state index in [-0.39, 0.29) is 17.4 Å². The number of nitrogens with zero attached hydrogens (tertiary/aromatic N) is 3. The van der Waals surface area contributed by atoms with E-state index in [1.807, 2.05) is 38.1 Å². The van der Waals surface area contributed by atoms with Crippen LogP contribution >= 0.6 is 0 Å². The molecule has 3 heterocycles. The van der Waals surface area contributed by atoms with Gasteiger partial charge in [-0.3, -0.25) is 9.36 Å². The minimum Gasteiger partial charge on any atom is -0.381 e. The molecule has 0 bridgehead atoms. The molecular formula is C26H25FN4O2. The Bertz CT molecular complexity index is 1390. The van der Waals surface area contributed by atoms with E-state index < -0.39 is 0 Å². The molecule has 7 heteroatoms. The first-order valence-electron chi connectivity index (χ1n) is 11.1. The van der Waals surface area contributed by atoms with Gasteiger partial charge in [0, 0.05) is 36.3 Å². The molecule has 1 N–H and O–H groups in total. The quantitative estimate of drug-likeness (QED) is 0.490. The van der Waals surface area contributed by atoms with Crippen LogP contribution in [-0.4, -0.2) is 33.8 Å².